The molecule has 1 amide bonds. The summed E-state index contributed by atoms with van der Waals surface area (Å²) < 4.78 is 1.08. The Bertz CT molecular complexity index is 723. The van der Waals surface area contributed by atoms with Crippen LogP contribution in [-0.2, 0) is 0 Å². The molecule has 4 rings (SSSR count). The van der Waals surface area contributed by atoms with Crippen molar-refractivity contribution in [1.29, 1.82) is 0 Å². The van der Waals surface area contributed by atoms with E-state index in [1.54, 1.807) is 17.5 Å². The van der Waals surface area contributed by atoms with Crippen LogP contribution in [0.25, 0.3) is 16.2 Å². The standard InChI is InChI=1S/C16H17N3OS/c1-2-12-5-11-7-17-13(6-15(11)21-12)16(20)18-14-9-19-4-3-10(14)8-19/h2,5-7,10,14H,1,3-4,8-9H2,(H,18,20). The average Bonchev–Trinajstić information content (AvgIpc) is 3.20. The third kappa shape index (κ3) is 2.26. The molecule has 4 heterocycles. The van der Waals surface area contributed by atoms with Crippen LogP contribution in [0.1, 0.15) is 21.8 Å². The second-order valence-corrected chi connectivity index (χ2v) is 6.96. The van der Waals surface area contributed by atoms with Crippen molar-refractivity contribution >= 4 is 33.4 Å². The normalized spacial score (nSPS) is 27.1. The number of piperidine rings is 1. The number of pyridine rings is 1. The Morgan fingerprint density at radius 3 is 3.10 bits per heavy atom. The van der Waals surface area contributed by atoms with Gasteiger partial charge in [-0.1, -0.05) is 12.7 Å². The van der Waals surface area contributed by atoms with Gasteiger partial charge in [-0.05, 0) is 31.0 Å². The highest BCUT2D eigenvalue weighted by atomic mass is 32.1. The number of rotatable bonds is 3. The zero-order valence-corrected chi connectivity index (χ0v) is 12.5. The lowest BCUT2D eigenvalue weighted by Crippen LogP contribution is -2.43. The summed E-state index contributed by atoms with van der Waals surface area (Å²) in [6.07, 6.45) is 4.80. The minimum atomic E-state index is -0.0517. The van der Waals surface area contributed by atoms with Gasteiger partial charge < -0.3 is 10.2 Å². The maximum absolute atomic E-state index is 12.4. The molecule has 2 aromatic heterocycles. The first-order valence-corrected chi connectivity index (χ1v) is 8.10. The first kappa shape index (κ1) is 13.0. The van der Waals surface area contributed by atoms with Gasteiger partial charge in [-0.15, -0.1) is 11.3 Å². The van der Waals surface area contributed by atoms with E-state index in [9.17, 15) is 4.79 Å². The molecule has 1 N–H and O–H groups in total. The van der Waals surface area contributed by atoms with Gasteiger partial charge in [0.15, 0.2) is 0 Å². The fourth-order valence-corrected chi connectivity index (χ4v) is 4.29. The summed E-state index contributed by atoms with van der Waals surface area (Å²) in [6, 6.07) is 4.22. The lowest BCUT2D eigenvalue weighted by Gasteiger charge is -2.22. The molecule has 0 radical (unpaired) electrons. The van der Waals surface area contributed by atoms with Crippen molar-refractivity contribution in [1.82, 2.24) is 15.2 Å². The monoisotopic (exact) mass is 299 g/mol. The summed E-state index contributed by atoms with van der Waals surface area (Å²) in [5.41, 5.74) is 0.512. The second kappa shape index (κ2) is 4.93. The SMILES string of the molecule is C=Cc1cc2cnc(C(=O)NC3CN4CCC3C4)cc2s1. The van der Waals surface area contributed by atoms with Crippen LogP contribution in [-0.4, -0.2) is 41.5 Å². The van der Waals surface area contributed by atoms with Crippen LogP contribution in [0.3, 0.4) is 0 Å². The minimum Gasteiger partial charge on any atom is -0.346 e. The summed E-state index contributed by atoms with van der Waals surface area (Å²) >= 11 is 1.64. The number of carbonyl (C=O) groups is 1. The Morgan fingerprint density at radius 1 is 1.48 bits per heavy atom. The van der Waals surface area contributed by atoms with E-state index in [4.69, 9.17) is 0 Å². The van der Waals surface area contributed by atoms with Crippen molar-refractivity contribution in [3.63, 3.8) is 0 Å². The predicted molar refractivity (Wildman–Crippen MR) is 85.5 cm³/mol. The van der Waals surface area contributed by atoms with E-state index >= 15 is 0 Å². The average molecular weight is 299 g/mol. The molecule has 108 valence electrons. The van der Waals surface area contributed by atoms with E-state index in [1.807, 2.05) is 18.2 Å². The quantitative estimate of drug-likeness (QED) is 0.946. The Morgan fingerprint density at radius 2 is 2.38 bits per heavy atom. The van der Waals surface area contributed by atoms with E-state index < -0.39 is 0 Å². The fourth-order valence-electron chi connectivity index (χ4n) is 3.37. The molecule has 3 atom stereocenters. The molecule has 2 aliphatic rings. The maximum Gasteiger partial charge on any atom is 0.270 e. The van der Waals surface area contributed by atoms with E-state index in [-0.39, 0.29) is 11.9 Å². The molecule has 0 aliphatic carbocycles. The molecule has 21 heavy (non-hydrogen) atoms. The Hall–Kier alpha value is -1.72. The minimum absolute atomic E-state index is 0.0517. The van der Waals surface area contributed by atoms with Crippen LogP contribution in [0.5, 0.6) is 0 Å². The third-order valence-electron chi connectivity index (χ3n) is 4.50. The topological polar surface area (TPSA) is 45.2 Å². The van der Waals surface area contributed by atoms with Gasteiger partial charge >= 0.3 is 0 Å². The number of thiophene rings is 1. The number of fused-ring (bicyclic) bond motifs is 3. The van der Waals surface area contributed by atoms with E-state index in [2.05, 4.69) is 21.8 Å². The van der Waals surface area contributed by atoms with Crippen LogP contribution in [0.15, 0.2) is 24.9 Å². The number of hydrogen-bond acceptors (Lipinski definition) is 4. The number of carbonyl (C=O) groups excluding carboxylic acids is 1. The van der Waals surface area contributed by atoms with Gasteiger partial charge in [0, 0.05) is 40.3 Å². The first-order chi connectivity index (χ1) is 10.2. The lowest BCUT2D eigenvalue weighted by molar-refractivity contribution is 0.0919. The highest BCUT2D eigenvalue weighted by Gasteiger charge is 2.38. The molecule has 4 nitrogen and oxygen atoms in total. The molecule has 0 saturated carbocycles. The van der Waals surface area contributed by atoms with Crippen molar-refractivity contribution in [2.45, 2.75) is 12.5 Å². The van der Waals surface area contributed by atoms with Crippen molar-refractivity contribution in [2.75, 3.05) is 19.6 Å². The molecule has 5 heteroatoms. The van der Waals surface area contributed by atoms with Crippen molar-refractivity contribution < 1.29 is 4.79 Å². The number of aromatic nitrogens is 1. The highest BCUT2D eigenvalue weighted by molar-refractivity contribution is 7.19. The summed E-state index contributed by atoms with van der Waals surface area (Å²) in [4.78, 5) is 20.2. The van der Waals surface area contributed by atoms with Gasteiger partial charge in [-0.3, -0.25) is 9.78 Å². The van der Waals surface area contributed by atoms with Gasteiger partial charge in [-0.2, -0.15) is 0 Å². The van der Waals surface area contributed by atoms with Crippen LogP contribution < -0.4 is 5.32 Å². The molecule has 0 spiro atoms. The van der Waals surface area contributed by atoms with Crippen LogP contribution in [0.2, 0.25) is 0 Å². The predicted octanol–water partition coefficient (Wildman–Crippen LogP) is 2.37. The maximum atomic E-state index is 12.4. The summed E-state index contributed by atoms with van der Waals surface area (Å²) in [7, 11) is 0. The third-order valence-corrected chi connectivity index (χ3v) is 5.60. The lowest BCUT2D eigenvalue weighted by atomic mass is 10.00. The van der Waals surface area contributed by atoms with Crippen LogP contribution in [0, 0.1) is 5.92 Å². The van der Waals surface area contributed by atoms with Gasteiger partial charge in [0.25, 0.3) is 5.91 Å². The van der Waals surface area contributed by atoms with Crippen molar-refractivity contribution in [2.24, 2.45) is 5.92 Å². The number of nitrogens with zero attached hydrogens (tertiary/aromatic N) is 2. The largest absolute Gasteiger partial charge is 0.346 e. The number of nitrogens with one attached hydrogen (secondary N) is 1. The van der Waals surface area contributed by atoms with Crippen LogP contribution >= 0.6 is 11.3 Å². The van der Waals surface area contributed by atoms with E-state index in [0.717, 1.165) is 28.1 Å². The van der Waals surface area contributed by atoms with Gasteiger partial charge in [-0.25, -0.2) is 0 Å². The van der Waals surface area contributed by atoms with Crippen molar-refractivity contribution in [3.8, 4) is 0 Å². The van der Waals surface area contributed by atoms with E-state index in [0.29, 0.717) is 11.6 Å². The number of hydrogen-bond donors (Lipinski definition) is 1. The highest BCUT2D eigenvalue weighted by Crippen LogP contribution is 2.29. The molecular weight excluding hydrogens is 282 g/mol. The molecule has 2 fully saturated rings. The molecule has 2 saturated heterocycles. The van der Waals surface area contributed by atoms with Gasteiger partial charge in [0.05, 0.1) is 0 Å². The molecule has 2 bridgehead atoms. The van der Waals surface area contributed by atoms with Crippen molar-refractivity contribution in [3.05, 3.63) is 35.5 Å². The Balaban J connectivity index is 1.54. The molecule has 0 aromatic carbocycles. The zero-order valence-electron chi connectivity index (χ0n) is 11.7. The second-order valence-electron chi connectivity index (χ2n) is 5.85. The molecule has 3 unspecified atom stereocenters. The molecule has 2 aromatic rings. The Labute approximate surface area is 127 Å². The molecular formula is C16H17N3OS. The summed E-state index contributed by atoms with van der Waals surface area (Å²) in [5, 5.41) is 4.22. The van der Waals surface area contributed by atoms with Crippen LogP contribution in [0.4, 0.5) is 0 Å². The molecule has 2 aliphatic heterocycles. The first-order valence-electron chi connectivity index (χ1n) is 7.28. The van der Waals surface area contributed by atoms with E-state index in [1.165, 1.54) is 13.0 Å². The Kier molecular flexibility index (Phi) is 3.05. The zero-order chi connectivity index (χ0) is 14.4. The summed E-state index contributed by atoms with van der Waals surface area (Å²) in [5.74, 6) is 0.566. The smallest absolute Gasteiger partial charge is 0.270 e. The van der Waals surface area contributed by atoms with Gasteiger partial charge in [0.2, 0.25) is 0 Å². The van der Waals surface area contributed by atoms with Gasteiger partial charge in [0.1, 0.15) is 5.69 Å². The fraction of sp³-hybridized carbons (Fsp3) is 0.375. The number of amides is 1. The summed E-state index contributed by atoms with van der Waals surface area (Å²) in [6.45, 7) is 7.08.